The standard InChI is InChI=1S/C11H17/c1-9-6-7-10-4-2-3-5-11(10)8-9/h8,10-11H,1-7H2. The average Bonchev–Trinajstić information content (AvgIpc) is 2.04. The van der Waals surface area contributed by atoms with Crippen LogP contribution in [0.25, 0.3) is 0 Å². The van der Waals surface area contributed by atoms with Gasteiger partial charge in [-0.2, -0.15) is 0 Å². The molecule has 0 saturated heterocycles. The van der Waals surface area contributed by atoms with Gasteiger partial charge in [0.1, 0.15) is 0 Å². The summed E-state index contributed by atoms with van der Waals surface area (Å²) in [5, 5.41) is 0. The van der Waals surface area contributed by atoms with Crippen molar-refractivity contribution in [2.45, 2.75) is 38.5 Å². The summed E-state index contributed by atoms with van der Waals surface area (Å²) in [5.74, 6) is 1.93. The minimum absolute atomic E-state index is 0.907. The van der Waals surface area contributed by atoms with Crippen LogP contribution in [0.3, 0.4) is 0 Å². The summed E-state index contributed by atoms with van der Waals surface area (Å²) in [4.78, 5) is 0. The summed E-state index contributed by atoms with van der Waals surface area (Å²) in [7, 11) is 0. The first-order chi connectivity index (χ1) is 5.36. The second-order valence-corrected chi connectivity index (χ2v) is 4.07. The molecule has 2 fully saturated rings. The molecule has 61 valence electrons. The van der Waals surface area contributed by atoms with Crippen molar-refractivity contribution in [3.63, 3.8) is 0 Å². The van der Waals surface area contributed by atoms with E-state index >= 15 is 0 Å². The van der Waals surface area contributed by atoms with Gasteiger partial charge in [-0.05, 0) is 37.5 Å². The summed E-state index contributed by atoms with van der Waals surface area (Å²) in [6, 6.07) is 0. The highest BCUT2D eigenvalue weighted by Gasteiger charge is 2.28. The van der Waals surface area contributed by atoms with Gasteiger partial charge in [0.25, 0.3) is 0 Å². The normalized spacial score (nSPS) is 38.4. The minimum atomic E-state index is 0.907. The predicted molar refractivity (Wildman–Crippen MR) is 48.1 cm³/mol. The molecule has 0 aromatic heterocycles. The van der Waals surface area contributed by atoms with Gasteiger partial charge in [-0.25, -0.2) is 0 Å². The van der Waals surface area contributed by atoms with Crippen molar-refractivity contribution in [2.75, 3.05) is 0 Å². The number of fused-ring (bicyclic) bond motifs is 1. The van der Waals surface area contributed by atoms with E-state index in [1.54, 1.807) is 0 Å². The van der Waals surface area contributed by atoms with Crippen LogP contribution in [0, 0.1) is 18.3 Å². The Balaban J connectivity index is 1.98. The minimum Gasteiger partial charge on any atom is -0.0995 e. The number of hydrogen-bond acceptors (Lipinski definition) is 0. The molecule has 2 rings (SSSR count). The molecular weight excluding hydrogens is 132 g/mol. The third-order valence-corrected chi connectivity index (χ3v) is 3.25. The third-order valence-electron chi connectivity index (χ3n) is 3.25. The van der Waals surface area contributed by atoms with Gasteiger partial charge in [0.2, 0.25) is 0 Å². The van der Waals surface area contributed by atoms with Crippen molar-refractivity contribution in [3.05, 3.63) is 18.6 Å². The third kappa shape index (κ3) is 1.50. The van der Waals surface area contributed by atoms with E-state index in [4.69, 9.17) is 0 Å². The number of allylic oxidation sites excluding steroid dienone is 1. The molecule has 11 heavy (non-hydrogen) atoms. The quantitative estimate of drug-likeness (QED) is 0.495. The summed E-state index contributed by atoms with van der Waals surface area (Å²) >= 11 is 0. The smallest absolute Gasteiger partial charge is 0.0107 e. The van der Waals surface area contributed by atoms with E-state index in [1.165, 1.54) is 44.1 Å². The van der Waals surface area contributed by atoms with Crippen LogP contribution in [0.2, 0.25) is 0 Å². The monoisotopic (exact) mass is 149 g/mol. The van der Waals surface area contributed by atoms with Crippen molar-refractivity contribution in [3.8, 4) is 0 Å². The molecule has 2 unspecified atom stereocenters. The topological polar surface area (TPSA) is 0 Å². The second-order valence-electron chi connectivity index (χ2n) is 4.07. The SMILES string of the molecule is C=C1[CH]C2CCCCC2CC1. The van der Waals surface area contributed by atoms with Crippen LogP contribution in [-0.2, 0) is 0 Å². The van der Waals surface area contributed by atoms with E-state index in [0.717, 1.165) is 11.8 Å². The second kappa shape index (κ2) is 3.00. The predicted octanol–water partition coefficient (Wildman–Crippen LogP) is 3.35. The molecule has 0 heterocycles. The molecule has 2 aliphatic rings. The van der Waals surface area contributed by atoms with Crippen molar-refractivity contribution in [1.82, 2.24) is 0 Å². The Labute approximate surface area is 69.7 Å². The van der Waals surface area contributed by atoms with E-state index in [-0.39, 0.29) is 0 Å². The molecule has 0 nitrogen and oxygen atoms in total. The Kier molecular flexibility index (Phi) is 2.02. The molecule has 0 aromatic rings. The molecular formula is C11H17. The van der Waals surface area contributed by atoms with E-state index in [2.05, 4.69) is 13.0 Å². The highest BCUT2D eigenvalue weighted by Crippen LogP contribution is 2.41. The Morgan fingerprint density at radius 1 is 1.18 bits per heavy atom. The fourth-order valence-electron chi connectivity index (χ4n) is 2.57. The van der Waals surface area contributed by atoms with Gasteiger partial charge < -0.3 is 0 Å². The molecule has 2 aliphatic carbocycles. The summed E-state index contributed by atoms with van der Waals surface area (Å²) in [6.07, 6.45) is 11.0. The van der Waals surface area contributed by atoms with Crippen molar-refractivity contribution < 1.29 is 0 Å². The van der Waals surface area contributed by atoms with Gasteiger partial charge >= 0.3 is 0 Å². The lowest BCUT2D eigenvalue weighted by molar-refractivity contribution is 0.239. The molecule has 2 atom stereocenters. The summed E-state index contributed by atoms with van der Waals surface area (Å²) in [6.45, 7) is 4.05. The Morgan fingerprint density at radius 3 is 2.91 bits per heavy atom. The largest absolute Gasteiger partial charge is 0.0995 e. The number of rotatable bonds is 0. The van der Waals surface area contributed by atoms with Crippen LogP contribution < -0.4 is 0 Å². The fraction of sp³-hybridized carbons (Fsp3) is 0.727. The zero-order valence-electron chi connectivity index (χ0n) is 7.18. The maximum absolute atomic E-state index is 4.05. The first-order valence-electron chi connectivity index (χ1n) is 4.89. The molecule has 0 aromatic carbocycles. The Bertz CT molecular complexity index is 157. The Morgan fingerprint density at radius 2 is 2.00 bits per heavy atom. The maximum Gasteiger partial charge on any atom is -0.0107 e. The Hall–Kier alpha value is -0.260. The van der Waals surface area contributed by atoms with Crippen LogP contribution in [0.5, 0.6) is 0 Å². The first kappa shape index (κ1) is 7.39. The molecule has 0 aliphatic heterocycles. The van der Waals surface area contributed by atoms with Crippen molar-refractivity contribution in [1.29, 1.82) is 0 Å². The van der Waals surface area contributed by atoms with Gasteiger partial charge in [-0.1, -0.05) is 31.4 Å². The van der Waals surface area contributed by atoms with Crippen LogP contribution in [-0.4, -0.2) is 0 Å². The molecule has 2 saturated carbocycles. The van der Waals surface area contributed by atoms with Gasteiger partial charge in [0.05, 0.1) is 0 Å². The van der Waals surface area contributed by atoms with Gasteiger partial charge in [-0.15, -0.1) is 0 Å². The molecule has 0 spiro atoms. The molecule has 1 radical (unpaired) electrons. The van der Waals surface area contributed by atoms with E-state index in [9.17, 15) is 0 Å². The zero-order chi connectivity index (χ0) is 7.68. The fourth-order valence-corrected chi connectivity index (χ4v) is 2.57. The molecule has 0 amide bonds. The lowest BCUT2D eigenvalue weighted by Gasteiger charge is -2.36. The van der Waals surface area contributed by atoms with Crippen molar-refractivity contribution in [2.24, 2.45) is 11.8 Å². The van der Waals surface area contributed by atoms with Crippen LogP contribution in [0.1, 0.15) is 38.5 Å². The van der Waals surface area contributed by atoms with E-state index in [0.29, 0.717) is 0 Å². The average molecular weight is 149 g/mol. The highest BCUT2D eigenvalue weighted by molar-refractivity contribution is 5.15. The highest BCUT2D eigenvalue weighted by atomic mass is 14.3. The lowest BCUT2D eigenvalue weighted by Crippen LogP contribution is -2.24. The van der Waals surface area contributed by atoms with Crippen molar-refractivity contribution >= 4 is 0 Å². The molecule has 0 heteroatoms. The maximum atomic E-state index is 4.05. The van der Waals surface area contributed by atoms with Gasteiger partial charge in [-0.3, -0.25) is 0 Å². The number of hydrogen-bond donors (Lipinski definition) is 0. The van der Waals surface area contributed by atoms with Gasteiger partial charge in [0.15, 0.2) is 0 Å². The molecule has 0 bridgehead atoms. The first-order valence-corrected chi connectivity index (χ1v) is 4.89. The summed E-state index contributed by atoms with van der Waals surface area (Å²) in [5.41, 5.74) is 1.40. The molecule has 0 N–H and O–H groups in total. The van der Waals surface area contributed by atoms with E-state index in [1.807, 2.05) is 0 Å². The van der Waals surface area contributed by atoms with Crippen LogP contribution in [0.4, 0.5) is 0 Å². The van der Waals surface area contributed by atoms with Crippen LogP contribution in [0.15, 0.2) is 12.2 Å². The summed E-state index contributed by atoms with van der Waals surface area (Å²) < 4.78 is 0. The van der Waals surface area contributed by atoms with Crippen LogP contribution >= 0.6 is 0 Å². The lowest BCUT2D eigenvalue weighted by atomic mass is 9.70. The van der Waals surface area contributed by atoms with Gasteiger partial charge in [0, 0.05) is 0 Å². The van der Waals surface area contributed by atoms with E-state index < -0.39 is 0 Å². The zero-order valence-corrected chi connectivity index (χ0v) is 7.18.